The largest absolute Gasteiger partial charge is 0.374 e. The molecule has 2 bridgehead atoms. The van der Waals surface area contributed by atoms with Gasteiger partial charge in [0, 0.05) is 6.04 Å². The summed E-state index contributed by atoms with van der Waals surface area (Å²) in [6.07, 6.45) is 2.38. The monoisotopic (exact) mass is 163 g/mol. The maximum atomic E-state index is 5.75. The first-order valence-corrected chi connectivity index (χ1v) is 3.59. The molecule has 1 atom stereocenters. The normalized spacial score (nSPS) is 51.0. The second kappa shape index (κ2) is 2.36. The molecule has 3 fully saturated rings. The molecule has 2 nitrogen and oxygen atoms in total. The highest BCUT2D eigenvalue weighted by atomic mass is 35.5. The molecule has 0 aromatic rings. The fourth-order valence-corrected chi connectivity index (χ4v) is 1.90. The van der Waals surface area contributed by atoms with Crippen molar-refractivity contribution >= 4 is 12.4 Å². The van der Waals surface area contributed by atoms with Crippen molar-refractivity contribution in [2.24, 2.45) is 11.7 Å². The van der Waals surface area contributed by atoms with Gasteiger partial charge in [-0.1, -0.05) is 0 Å². The van der Waals surface area contributed by atoms with Gasteiger partial charge in [-0.25, -0.2) is 0 Å². The Kier molecular flexibility index (Phi) is 1.96. The first-order chi connectivity index (χ1) is 4.20. The third-order valence-corrected chi connectivity index (χ3v) is 2.62. The van der Waals surface area contributed by atoms with Crippen LogP contribution in [0.15, 0.2) is 0 Å². The van der Waals surface area contributed by atoms with E-state index < -0.39 is 0 Å². The van der Waals surface area contributed by atoms with Crippen molar-refractivity contribution in [3.05, 3.63) is 0 Å². The molecule has 0 aromatic carbocycles. The first-order valence-electron chi connectivity index (χ1n) is 3.59. The highest BCUT2D eigenvalue weighted by Gasteiger charge is 2.48. The van der Waals surface area contributed by atoms with E-state index in [1.807, 2.05) is 0 Å². The van der Waals surface area contributed by atoms with Crippen LogP contribution in [0.25, 0.3) is 0 Å². The molecule has 10 heavy (non-hydrogen) atoms. The minimum Gasteiger partial charge on any atom is -0.374 e. The van der Waals surface area contributed by atoms with E-state index in [0.717, 1.165) is 12.5 Å². The minimum absolute atomic E-state index is 0. The molecule has 0 spiro atoms. The van der Waals surface area contributed by atoms with Crippen molar-refractivity contribution < 1.29 is 4.74 Å². The van der Waals surface area contributed by atoms with Crippen LogP contribution in [0, 0.1) is 5.92 Å². The quantitative estimate of drug-likeness (QED) is 0.577. The van der Waals surface area contributed by atoms with E-state index >= 15 is 0 Å². The number of hydrogen-bond acceptors (Lipinski definition) is 2. The summed E-state index contributed by atoms with van der Waals surface area (Å²) in [6.45, 7) is 2.95. The molecule has 3 heteroatoms. The summed E-state index contributed by atoms with van der Waals surface area (Å²) in [5.74, 6) is 0.767. The van der Waals surface area contributed by atoms with E-state index in [4.69, 9.17) is 10.5 Å². The van der Waals surface area contributed by atoms with Crippen molar-refractivity contribution in [2.45, 2.75) is 31.4 Å². The lowest BCUT2D eigenvalue weighted by Gasteiger charge is -2.52. The zero-order chi connectivity index (χ0) is 6.48. The van der Waals surface area contributed by atoms with Gasteiger partial charge in [0.05, 0.1) is 12.2 Å². The molecule has 2 saturated heterocycles. The zero-order valence-electron chi connectivity index (χ0n) is 6.17. The van der Waals surface area contributed by atoms with Crippen LogP contribution in [0.2, 0.25) is 0 Å². The predicted molar refractivity (Wildman–Crippen MR) is 42.3 cm³/mol. The highest BCUT2D eigenvalue weighted by molar-refractivity contribution is 5.85. The number of halogens is 1. The third-order valence-electron chi connectivity index (χ3n) is 2.62. The summed E-state index contributed by atoms with van der Waals surface area (Å²) < 4.78 is 5.52. The molecule has 1 saturated carbocycles. The number of ether oxygens (including phenoxy) is 1. The Balaban J connectivity index is 0.000000500. The lowest BCUT2D eigenvalue weighted by Crippen LogP contribution is -2.58. The van der Waals surface area contributed by atoms with Gasteiger partial charge >= 0.3 is 0 Å². The summed E-state index contributed by atoms with van der Waals surface area (Å²) in [7, 11) is 0. The maximum Gasteiger partial charge on any atom is 0.0661 e. The van der Waals surface area contributed by atoms with Crippen LogP contribution in [-0.2, 0) is 4.74 Å². The average Bonchev–Trinajstić information content (AvgIpc) is 1.73. The van der Waals surface area contributed by atoms with Gasteiger partial charge in [0.25, 0.3) is 0 Å². The van der Waals surface area contributed by atoms with Gasteiger partial charge < -0.3 is 10.5 Å². The molecule has 3 aliphatic rings. The van der Waals surface area contributed by atoms with Crippen molar-refractivity contribution in [1.29, 1.82) is 0 Å². The molecule has 3 rings (SSSR count). The summed E-state index contributed by atoms with van der Waals surface area (Å²) in [5.41, 5.74) is 5.97. The SMILES string of the molecule is CC12CC(C1)C(N)CO2.Cl. The Hall–Kier alpha value is 0.210. The van der Waals surface area contributed by atoms with E-state index in [1.54, 1.807) is 0 Å². The average molecular weight is 164 g/mol. The molecule has 2 aliphatic heterocycles. The Morgan fingerprint density at radius 1 is 1.50 bits per heavy atom. The molecular weight excluding hydrogens is 150 g/mol. The number of fused-ring (bicyclic) bond motifs is 2. The Morgan fingerprint density at radius 3 is 2.40 bits per heavy atom. The van der Waals surface area contributed by atoms with Crippen molar-refractivity contribution in [3.63, 3.8) is 0 Å². The molecule has 2 N–H and O–H groups in total. The van der Waals surface area contributed by atoms with E-state index in [1.165, 1.54) is 12.8 Å². The van der Waals surface area contributed by atoms with Gasteiger partial charge in [-0.2, -0.15) is 0 Å². The Labute approximate surface area is 67.5 Å². The fraction of sp³-hybridized carbons (Fsp3) is 1.00. The van der Waals surface area contributed by atoms with Crippen LogP contribution in [0.5, 0.6) is 0 Å². The molecule has 1 unspecified atom stereocenters. The van der Waals surface area contributed by atoms with E-state index in [9.17, 15) is 0 Å². The molecule has 0 amide bonds. The molecular formula is C7H14ClNO. The number of hydrogen-bond donors (Lipinski definition) is 1. The zero-order valence-corrected chi connectivity index (χ0v) is 6.99. The fourth-order valence-electron chi connectivity index (χ4n) is 1.90. The molecule has 0 radical (unpaired) electrons. The minimum atomic E-state index is 0. The Bertz CT molecular complexity index is 128. The van der Waals surface area contributed by atoms with Gasteiger partial charge in [0.1, 0.15) is 0 Å². The lowest BCUT2D eigenvalue weighted by atomic mass is 9.66. The second-order valence-electron chi connectivity index (χ2n) is 3.59. The second-order valence-corrected chi connectivity index (χ2v) is 3.59. The summed E-state index contributed by atoms with van der Waals surface area (Å²) >= 11 is 0. The van der Waals surface area contributed by atoms with Crippen LogP contribution in [0.1, 0.15) is 19.8 Å². The van der Waals surface area contributed by atoms with Crippen molar-refractivity contribution in [2.75, 3.05) is 6.61 Å². The molecule has 1 aliphatic carbocycles. The molecule has 2 heterocycles. The van der Waals surface area contributed by atoms with Gasteiger partial charge in [-0.3, -0.25) is 0 Å². The number of rotatable bonds is 0. The first kappa shape index (κ1) is 8.31. The summed E-state index contributed by atoms with van der Waals surface area (Å²) in [6, 6.07) is 0.326. The molecule has 60 valence electrons. The lowest BCUT2D eigenvalue weighted by molar-refractivity contribution is -0.174. The maximum absolute atomic E-state index is 5.75. The van der Waals surface area contributed by atoms with Crippen LogP contribution < -0.4 is 5.73 Å². The standard InChI is InChI=1S/C7H13NO.ClH/c1-7-2-5(3-7)6(8)4-9-7;/h5-6H,2-4,8H2,1H3;1H. The topological polar surface area (TPSA) is 35.2 Å². The smallest absolute Gasteiger partial charge is 0.0661 e. The van der Waals surface area contributed by atoms with Gasteiger partial charge in [-0.05, 0) is 25.7 Å². The van der Waals surface area contributed by atoms with Crippen molar-refractivity contribution in [1.82, 2.24) is 0 Å². The van der Waals surface area contributed by atoms with Gasteiger partial charge in [0.2, 0.25) is 0 Å². The van der Waals surface area contributed by atoms with E-state index in [0.29, 0.717) is 6.04 Å². The van der Waals surface area contributed by atoms with Crippen LogP contribution in [-0.4, -0.2) is 18.2 Å². The third kappa shape index (κ3) is 1.04. The highest BCUT2D eigenvalue weighted by Crippen LogP contribution is 2.45. The van der Waals surface area contributed by atoms with Crippen LogP contribution >= 0.6 is 12.4 Å². The van der Waals surface area contributed by atoms with E-state index in [2.05, 4.69) is 6.92 Å². The summed E-state index contributed by atoms with van der Waals surface area (Å²) in [4.78, 5) is 0. The number of nitrogens with two attached hydrogens (primary N) is 1. The van der Waals surface area contributed by atoms with Crippen LogP contribution in [0.3, 0.4) is 0 Å². The van der Waals surface area contributed by atoms with Gasteiger partial charge in [0.15, 0.2) is 0 Å². The summed E-state index contributed by atoms with van der Waals surface area (Å²) in [5, 5.41) is 0. The predicted octanol–water partition coefficient (Wildman–Crippen LogP) is 0.934. The molecule has 0 aromatic heterocycles. The van der Waals surface area contributed by atoms with E-state index in [-0.39, 0.29) is 18.0 Å². The van der Waals surface area contributed by atoms with Gasteiger partial charge in [-0.15, -0.1) is 12.4 Å². The Morgan fingerprint density at radius 2 is 2.10 bits per heavy atom. The van der Waals surface area contributed by atoms with Crippen LogP contribution in [0.4, 0.5) is 0 Å². The van der Waals surface area contributed by atoms with Crippen molar-refractivity contribution in [3.8, 4) is 0 Å².